The molecule has 1 rings (SSSR count). The van der Waals surface area contributed by atoms with E-state index < -0.39 is 12.1 Å². The Morgan fingerprint density at radius 2 is 2.05 bits per heavy atom. The SMILES string of the molecule is CC(O)C(=O)[O-].CCCCCCn1cc[n+](C)c1C. The second-order valence-corrected chi connectivity index (χ2v) is 4.71. The molecular formula is C14H26N2O3. The Morgan fingerprint density at radius 1 is 1.47 bits per heavy atom. The van der Waals surface area contributed by atoms with Crippen LogP contribution in [0.25, 0.3) is 0 Å². The molecule has 5 heteroatoms. The molecule has 5 nitrogen and oxygen atoms in total. The molecule has 0 fully saturated rings. The van der Waals surface area contributed by atoms with Gasteiger partial charge in [-0.3, -0.25) is 0 Å². The summed E-state index contributed by atoms with van der Waals surface area (Å²) in [4.78, 5) is 9.34. The van der Waals surface area contributed by atoms with Crippen LogP contribution in [0.15, 0.2) is 12.4 Å². The first-order valence-electron chi connectivity index (χ1n) is 6.80. The molecular weight excluding hydrogens is 244 g/mol. The van der Waals surface area contributed by atoms with Crippen molar-refractivity contribution in [3.8, 4) is 0 Å². The number of carboxylic acids is 1. The standard InChI is InChI=1S/C11H21N2.C3H6O3/c1-4-5-6-7-8-13-10-9-12(3)11(13)2;1-2(4)3(5)6/h9-10H,4-8H2,1-3H3;2,4H,1H3,(H,5,6)/q+1;/p-1. The third kappa shape index (κ3) is 7.62. The Hall–Kier alpha value is -1.36. The summed E-state index contributed by atoms with van der Waals surface area (Å²) in [6, 6.07) is 0. The van der Waals surface area contributed by atoms with Gasteiger partial charge in [0.25, 0.3) is 5.82 Å². The van der Waals surface area contributed by atoms with Crippen molar-refractivity contribution in [2.45, 2.75) is 59.1 Å². The molecule has 0 aromatic carbocycles. The van der Waals surface area contributed by atoms with Crippen LogP contribution in [0.2, 0.25) is 0 Å². The molecule has 0 saturated heterocycles. The van der Waals surface area contributed by atoms with Crippen molar-refractivity contribution in [3.63, 3.8) is 0 Å². The molecule has 0 aliphatic rings. The lowest BCUT2D eigenvalue weighted by Gasteiger charge is -2.00. The lowest BCUT2D eigenvalue weighted by molar-refractivity contribution is -0.677. The third-order valence-electron chi connectivity index (χ3n) is 2.99. The maximum Gasteiger partial charge on any atom is 0.253 e. The summed E-state index contributed by atoms with van der Waals surface area (Å²) in [7, 11) is 2.10. The van der Waals surface area contributed by atoms with Gasteiger partial charge in [-0.25, -0.2) is 9.13 Å². The minimum atomic E-state index is -1.44. The molecule has 1 aromatic heterocycles. The highest BCUT2D eigenvalue weighted by molar-refractivity contribution is 5.68. The number of aryl methyl sites for hydroxylation is 2. The van der Waals surface area contributed by atoms with E-state index in [2.05, 4.69) is 42.4 Å². The van der Waals surface area contributed by atoms with Crippen LogP contribution < -0.4 is 9.67 Å². The molecule has 19 heavy (non-hydrogen) atoms. The molecule has 0 bridgehead atoms. The van der Waals surface area contributed by atoms with Gasteiger partial charge in [0, 0.05) is 6.92 Å². The predicted molar refractivity (Wildman–Crippen MR) is 71.2 cm³/mol. The van der Waals surface area contributed by atoms with Crippen LogP contribution in [-0.4, -0.2) is 21.7 Å². The molecule has 0 aliphatic heterocycles. The van der Waals surface area contributed by atoms with Crippen molar-refractivity contribution in [2.24, 2.45) is 7.05 Å². The highest BCUT2D eigenvalue weighted by Crippen LogP contribution is 2.02. The van der Waals surface area contributed by atoms with Crippen molar-refractivity contribution in [1.82, 2.24) is 4.57 Å². The molecule has 1 unspecified atom stereocenters. The second-order valence-electron chi connectivity index (χ2n) is 4.71. The van der Waals surface area contributed by atoms with E-state index in [1.165, 1.54) is 38.1 Å². The number of unbranched alkanes of at least 4 members (excludes halogenated alkanes) is 3. The molecule has 1 heterocycles. The first kappa shape index (κ1) is 17.6. The fourth-order valence-corrected chi connectivity index (χ4v) is 1.54. The van der Waals surface area contributed by atoms with E-state index >= 15 is 0 Å². The average molecular weight is 270 g/mol. The number of carbonyl (C=O) groups excluding carboxylic acids is 1. The van der Waals surface area contributed by atoms with E-state index in [0.29, 0.717) is 0 Å². The Bertz CT molecular complexity index is 373. The van der Waals surface area contributed by atoms with E-state index in [1.807, 2.05) is 0 Å². The van der Waals surface area contributed by atoms with Crippen molar-refractivity contribution in [3.05, 3.63) is 18.2 Å². The normalized spacial score (nSPS) is 11.6. The minimum Gasteiger partial charge on any atom is -0.547 e. The van der Waals surface area contributed by atoms with E-state index in [4.69, 9.17) is 5.11 Å². The topological polar surface area (TPSA) is 69.2 Å². The minimum absolute atomic E-state index is 1.13. The van der Waals surface area contributed by atoms with Crippen molar-refractivity contribution in [1.29, 1.82) is 0 Å². The molecule has 0 saturated carbocycles. The smallest absolute Gasteiger partial charge is 0.253 e. The molecule has 1 aromatic rings. The number of hydrogen-bond acceptors (Lipinski definition) is 3. The summed E-state index contributed by atoms with van der Waals surface area (Å²) < 4.78 is 4.50. The number of carbonyl (C=O) groups is 1. The lowest BCUT2D eigenvalue weighted by atomic mass is 10.2. The quantitative estimate of drug-likeness (QED) is 0.598. The van der Waals surface area contributed by atoms with E-state index in [-0.39, 0.29) is 0 Å². The van der Waals surface area contributed by atoms with Gasteiger partial charge in [0.2, 0.25) is 0 Å². The highest BCUT2D eigenvalue weighted by atomic mass is 16.4. The van der Waals surface area contributed by atoms with Crippen LogP contribution in [0.1, 0.15) is 45.4 Å². The monoisotopic (exact) mass is 270 g/mol. The van der Waals surface area contributed by atoms with Gasteiger partial charge in [0.15, 0.2) is 0 Å². The second kappa shape index (κ2) is 9.55. The first-order valence-corrected chi connectivity index (χ1v) is 6.80. The number of rotatable bonds is 6. The predicted octanol–water partition coefficient (Wildman–Crippen LogP) is 0.318. The van der Waals surface area contributed by atoms with Gasteiger partial charge in [0.1, 0.15) is 12.4 Å². The maximum atomic E-state index is 9.34. The van der Waals surface area contributed by atoms with Gasteiger partial charge in [0.05, 0.1) is 25.7 Å². The molecule has 1 N–H and O–H groups in total. The fraction of sp³-hybridized carbons (Fsp3) is 0.714. The van der Waals surface area contributed by atoms with Crippen molar-refractivity contribution < 1.29 is 19.6 Å². The van der Waals surface area contributed by atoms with Gasteiger partial charge >= 0.3 is 0 Å². The van der Waals surface area contributed by atoms with Crippen LogP contribution >= 0.6 is 0 Å². The molecule has 1 atom stereocenters. The number of hydrogen-bond donors (Lipinski definition) is 1. The van der Waals surface area contributed by atoms with Crippen LogP contribution in [0.5, 0.6) is 0 Å². The Kier molecular flexibility index (Phi) is 8.87. The van der Waals surface area contributed by atoms with E-state index in [9.17, 15) is 9.90 Å². The lowest BCUT2D eigenvalue weighted by Crippen LogP contribution is -2.32. The number of aliphatic hydroxyl groups excluding tert-OH is 1. The number of aliphatic carboxylic acids is 1. The van der Waals surface area contributed by atoms with Crippen LogP contribution in [0.4, 0.5) is 0 Å². The van der Waals surface area contributed by atoms with E-state index in [1.54, 1.807) is 0 Å². The Balaban J connectivity index is 0.000000459. The van der Waals surface area contributed by atoms with Crippen LogP contribution in [0, 0.1) is 6.92 Å². The molecule has 0 spiro atoms. The molecule has 0 amide bonds. The van der Waals surface area contributed by atoms with Gasteiger partial charge in [-0.2, -0.15) is 0 Å². The summed E-state index contributed by atoms with van der Waals surface area (Å²) in [5.74, 6) is -0.0912. The van der Waals surface area contributed by atoms with E-state index in [0.717, 1.165) is 6.92 Å². The number of aliphatic hydroxyl groups is 1. The summed E-state index contributed by atoms with van der Waals surface area (Å²) >= 11 is 0. The van der Waals surface area contributed by atoms with Crippen LogP contribution in [0.3, 0.4) is 0 Å². The Morgan fingerprint density at radius 3 is 2.42 bits per heavy atom. The van der Waals surface area contributed by atoms with Gasteiger partial charge in [-0.1, -0.05) is 19.8 Å². The number of carboxylic acid groups (broad SMARTS) is 1. The summed E-state index contributed by atoms with van der Waals surface area (Å²) in [5.41, 5.74) is 0. The molecule has 0 aliphatic carbocycles. The third-order valence-corrected chi connectivity index (χ3v) is 2.99. The summed E-state index contributed by atoms with van der Waals surface area (Å²) in [5, 5.41) is 17.3. The summed E-state index contributed by atoms with van der Waals surface area (Å²) in [6.45, 7) is 6.72. The molecule has 0 radical (unpaired) electrons. The Labute approximate surface area is 115 Å². The number of imidazole rings is 1. The van der Waals surface area contributed by atoms with Crippen molar-refractivity contribution >= 4 is 5.97 Å². The number of aromatic nitrogens is 2. The van der Waals surface area contributed by atoms with Crippen molar-refractivity contribution in [2.75, 3.05) is 0 Å². The largest absolute Gasteiger partial charge is 0.547 e. The first-order chi connectivity index (χ1) is 8.90. The molecule has 110 valence electrons. The summed E-state index contributed by atoms with van der Waals surface area (Å²) in [6.07, 6.45) is 8.30. The average Bonchev–Trinajstić information content (AvgIpc) is 2.67. The zero-order valence-corrected chi connectivity index (χ0v) is 12.4. The number of nitrogens with zero attached hydrogens (tertiary/aromatic N) is 2. The fourth-order valence-electron chi connectivity index (χ4n) is 1.54. The van der Waals surface area contributed by atoms with Gasteiger partial charge in [-0.15, -0.1) is 0 Å². The maximum absolute atomic E-state index is 9.34. The van der Waals surface area contributed by atoms with Gasteiger partial charge in [-0.05, 0) is 19.8 Å². The zero-order chi connectivity index (χ0) is 14.8. The zero-order valence-electron chi connectivity index (χ0n) is 12.4. The highest BCUT2D eigenvalue weighted by Gasteiger charge is 2.06. The van der Waals surface area contributed by atoms with Gasteiger partial charge < -0.3 is 15.0 Å². The van der Waals surface area contributed by atoms with Crippen LogP contribution in [-0.2, 0) is 18.4 Å².